The zero-order chi connectivity index (χ0) is 12.1. The summed E-state index contributed by atoms with van der Waals surface area (Å²) in [5.74, 6) is 0. The highest BCUT2D eigenvalue weighted by Gasteiger charge is 2.21. The van der Waals surface area contributed by atoms with Crippen molar-refractivity contribution < 1.29 is 0 Å². The molecule has 1 aliphatic heterocycles. The van der Waals surface area contributed by atoms with E-state index >= 15 is 0 Å². The summed E-state index contributed by atoms with van der Waals surface area (Å²) in [4.78, 5) is 9.17. The molecule has 94 valence electrons. The van der Waals surface area contributed by atoms with Crippen LogP contribution in [0.15, 0.2) is 24.5 Å². The molecule has 0 N–H and O–H groups in total. The van der Waals surface area contributed by atoms with Gasteiger partial charge in [-0.25, -0.2) is 0 Å². The lowest BCUT2D eigenvalue weighted by molar-refractivity contribution is 0.175. The largest absolute Gasteiger partial charge is 0.369 e. The average Bonchev–Trinajstić information content (AvgIpc) is 2.42. The lowest BCUT2D eigenvalue weighted by Crippen LogP contribution is -2.50. The zero-order valence-electron chi connectivity index (χ0n) is 11.0. The molecule has 0 unspecified atom stereocenters. The lowest BCUT2D eigenvalue weighted by Gasteiger charge is -2.39. The summed E-state index contributed by atoms with van der Waals surface area (Å²) in [6.45, 7) is 9.25. The van der Waals surface area contributed by atoms with Gasteiger partial charge < -0.3 is 4.90 Å². The molecule has 0 bridgehead atoms. The van der Waals surface area contributed by atoms with Gasteiger partial charge in [0.2, 0.25) is 0 Å². The molecule has 3 heteroatoms. The van der Waals surface area contributed by atoms with Crippen molar-refractivity contribution in [3.8, 4) is 0 Å². The highest BCUT2D eigenvalue weighted by Crippen LogP contribution is 2.17. The highest BCUT2D eigenvalue weighted by atomic mass is 15.3. The number of hydrogen-bond donors (Lipinski definition) is 0. The van der Waals surface area contributed by atoms with E-state index in [0.29, 0.717) is 0 Å². The Hall–Kier alpha value is -1.09. The van der Waals surface area contributed by atoms with E-state index in [0.717, 1.165) is 19.1 Å². The van der Waals surface area contributed by atoms with Gasteiger partial charge in [0.15, 0.2) is 0 Å². The maximum absolute atomic E-state index is 4.07. The topological polar surface area (TPSA) is 19.4 Å². The Bertz CT molecular complexity index is 313. The standard InChI is InChI=1S/C14H23N3/c1-3-13(4-2)16-9-11-17(12-10-16)14-5-7-15-8-6-14/h5-8,13H,3-4,9-12H2,1-2H3. The Kier molecular flexibility index (Phi) is 4.37. The van der Waals surface area contributed by atoms with Gasteiger partial charge in [-0.05, 0) is 25.0 Å². The molecule has 0 spiro atoms. The van der Waals surface area contributed by atoms with E-state index < -0.39 is 0 Å². The first-order valence-electron chi connectivity index (χ1n) is 6.74. The maximum Gasteiger partial charge on any atom is 0.0397 e. The monoisotopic (exact) mass is 233 g/mol. The zero-order valence-corrected chi connectivity index (χ0v) is 11.0. The Morgan fingerprint density at radius 3 is 2.18 bits per heavy atom. The highest BCUT2D eigenvalue weighted by molar-refractivity contribution is 5.44. The summed E-state index contributed by atoms with van der Waals surface area (Å²) < 4.78 is 0. The van der Waals surface area contributed by atoms with Gasteiger partial charge in [0, 0.05) is 50.3 Å². The van der Waals surface area contributed by atoms with E-state index in [2.05, 4.69) is 40.8 Å². The Labute approximate surface area is 104 Å². The molecular weight excluding hydrogens is 210 g/mol. The van der Waals surface area contributed by atoms with Gasteiger partial charge in [0.25, 0.3) is 0 Å². The third kappa shape index (κ3) is 2.97. The van der Waals surface area contributed by atoms with E-state index in [9.17, 15) is 0 Å². The number of rotatable bonds is 4. The molecule has 17 heavy (non-hydrogen) atoms. The average molecular weight is 233 g/mol. The second-order valence-electron chi connectivity index (χ2n) is 4.70. The van der Waals surface area contributed by atoms with Crippen LogP contribution in [0.4, 0.5) is 5.69 Å². The minimum atomic E-state index is 0.773. The van der Waals surface area contributed by atoms with Crippen LogP contribution in [0.2, 0.25) is 0 Å². The van der Waals surface area contributed by atoms with E-state index in [-0.39, 0.29) is 0 Å². The van der Waals surface area contributed by atoms with Gasteiger partial charge >= 0.3 is 0 Å². The number of aromatic nitrogens is 1. The van der Waals surface area contributed by atoms with Gasteiger partial charge in [-0.3, -0.25) is 9.88 Å². The summed E-state index contributed by atoms with van der Waals surface area (Å²) in [6.07, 6.45) is 6.29. The summed E-state index contributed by atoms with van der Waals surface area (Å²) in [6, 6.07) is 4.98. The number of piperazine rings is 1. The third-order valence-corrected chi connectivity index (χ3v) is 3.80. The second kappa shape index (κ2) is 6.01. The lowest BCUT2D eigenvalue weighted by atomic mass is 10.1. The fourth-order valence-corrected chi connectivity index (χ4v) is 2.71. The fourth-order valence-electron chi connectivity index (χ4n) is 2.71. The van der Waals surface area contributed by atoms with Crippen LogP contribution in [0.25, 0.3) is 0 Å². The molecule has 2 heterocycles. The van der Waals surface area contributed by atoms with Crippen LogP contribution in [-0.2, 0) is 0 Å². The molecule has 2 rings (SSSR count). The van der Waals surface area contributed by atoms with Crippen LogP contribution in [0.1, 0.15) is 26.7 Å². The minimum absolute atomic E-state index is 0.773. The Balaban J connectivity index is 1.90. The second-order valence-corrected chi connectivity index (χ2v) is 4.70. The summed E-state index contributed by atoms with van der Waals surface area (Å²) >= 11 is 0. The molecule has 1 aromatic rings. The molecule has 1 fully saturated rings. The molecule has 3 nitrogen and oxygen atoms in total. The van der Waals surface area contributed by atoms with Gasteiger partial charge in [-0.1, -0.05) is 13.8 Å². The van der Waals surface area contributed by atoms with E-state index in [1.54, 1.807) is 0 Å². The van der Waals surface area contributed by atoms with Crippen LogP contribution in [0, 0.1) is 0 Å². The Morgan fingerprint density at radius 2 is 1.65 bits per heavy atom. The van der Waals surface area contributed by atoms with Crippen molar-refractivity contribution in [1.82, 2.24) is 9.88 Å². The van der Waals surface area contributed by atoms with Crippen molar-refractivity contribution in [2.75, 3.05) is 31.1 Å². The van der Waals surface area contributed by atoms with E-state index in [4.69, 9.17) is 0 Å². The minimum Gasteiger partial charge on any atom is -0.369 e. The molecule has 0 aromatic carbocycles. The Morgan fingerprint density at radius 1 is 1.06 bits per heavy atom. The first kappa shape index (κ1) is 12.4. The van der Waals surface area contributed by atoms with Gasteiger partial charge in [-0.15, -0.1) is 0 Å². The fraction of sp³-hybridized carbons (Fsp3) is 0.643. The molecule has 1 aliphatic rings. The molecule has 0 radical (unpaired) electrons. The van der Waals surface area contributed by atoms with E-state index in [1.807, 2.05) is 12.4 Å². The molecule has 1 aromatic heterocycles. The van der Waals surface area contributed by atoms with Crippen molar-refractivity contribution in [3.05, 3.63) is 24.5 Å². The van der Waals surface area contributed by atoms with Crippen molar-refractivity contribution in [3.63, 3.8) is 0 Å². The maximum atomic E-state index is 4.07. The molecule has 1 saturated heterocycles. The predicted octanol–water partition coefficient (Wildman–Crippen LogP) is 2.39. The molecule has 0 saturated carbocycles. The summed E-state index contributed by atoms with van der Waals surface area (Å²) in [5.41, 5.74) is 1.31. The first-order valence-corrected chi connectivity index (χ1v) is 6.74. The number of pyridine rings is 1. The van der Waals surface area contributed by atoms with Crippen LogP contribution >= 0.6 is 0 Å². The van der Waals surface area contributed by atoms with Crippen LogP contribution in [0.3, 0.4) is 0 Å². The predicted molar refractivity (Wildman–Crippen MR) is 72.4 cm³/mol. The molecule has 0 aliphatic carbocycles. The van der Waals surface area contributed by atoms with Crippen molar-refractivity contribution >= 4 is 5.69 Å². The van der Waals surface area contributed by atoms with Gasteiger partial charge in [-0.2, -0.15) is 0 Å². The van der Waals surface area contributed by atoms with Crippen molar-refractivity contribution in [2.45, 2.75) is 32.7 Å². The van der Waals surface area contributed by atoms with Crippen LogP contribution < -0.4 is 4.90 Å². The first-order chi connectivity index (χ1) is 8.35. The molecule has 0 amide bonds. The van der Waals surface area contributed by atoms with E-state index in [1.165, 1.54) is 31.6 Å². The number of nitrogens with zero attached hydrogens (tertiary/aromatic N) is 3. The van der Waals surface area contributed by atoms with Crippen molar-refractivity contribution in [1.29, 1.82) is 0 Å². The molecular formula is C14H23N3. The van der Waals surface area contributed by atoms with Crippen LogP contribution in [0.5, 0.6) is 0 Å². The summed E-state index contributed by atoms with van der Waals surface area (Å²) in [5, 5.41) is 0. The normalized spacial score (nSPS) is 17.7. The smallest absolute Gasteiger partial charge is 0.0397 e. The van der Waals surface area contributed by atoms with Crippen LogP contribution in [-0.4, -0.2) is 42.1 Å². The van der Waals surface area contributed by atoms with Gasteiger partial charge in [0.05, 0.1) is 0 Å². The summed E-state index contributed by atoms with van der Waals surface area (Å²) in [7, 11) is 0. The number of hydrogen-bond acceptors (Lipinski definition) is 3. The third-order valence-electron chi connectivity index (χ3n) is 3.80. The molecule has 0 atom stereocenters. The van der Waals surface area contributed by atoms with Crippen molar-refractivity contribution in [2.24, 2.45) is 0 Å². The SMILES string of the molecule is CCC(CC)N1CCN(c2ccncc2)CC1. The number of anilines is 1. The quantitative estimate of drug-likeness (QED) is 0.796. The van der Waals surface area contributed by atoms with Gasteiger partial charge in [0.1, 0.15) is 0 Å².